The minimum atomic E-state index is 0.311. The summed E-state index contributed by atoms with van der Waals surface area (Å²) in [4.78, 5) is 2.72. The number of rotatable bonds is 6. The molecule has 2 nitrogen and oxygen atoms in total. The van der Waals surface area contributed by atoms with Crippen LogP contribution in [0.3, 0.4) is 0 Å². The monoisotopic (exact) mass is 254 g/mol. The highest BCUT2D eigenvalue weighted by molar-refractivity contribution is 4.94. The predicted molar refractivity (Wildman–Crippen MR) is 81.0 cm³/mol. The van der Waals surface area contributed by atoms with Gasteiger partial charge in [-0.25, -0.2) is 0 Å². The summed E-state index contributed by atoms with van der Waals surface area (Å²) >= 11 is 0. The van der Waals surface area contributed by atoms with E-state index in [1.807, 2.05) is 0 Å². The quantitative estimate of drug-likeness (QED) is 0.780. The second-order valence-corrected chi connectivity index (χ2v) is 6.98. The van der Waals surface area contributed by atoms with Crippen LogP contribution >= 0.6 is 0 Å². The van der Waals surface area contributed by atoms with Crippen molar-refractivity contribution in [2.75, 3.05) is 19.6 Å². The molecule has 0 aromatic carbocycles. The standard InChI is InChI=1S/C16H34N2/c1-7-9-13(3)10-18-11-15(14(4)8-2)17-12-16(18,5)6/h13-15,17H,7-12H2,1-6H3. The zero-order chi connectivity index (χ0) is 13.8. The molecule has 0 spiro atoms. The molecular weight excluding hydrogens is 220 g/mol. The molecule has 1 N–H and O–H groups in total. The lowest BCUT2D eigenvalue weighted by Gasteiger charge is -2.48. The molecule has 0 aromatic rings. The fourth-order valence-corrected chi connectivity index (χ4v) is 2.99. The fraction of sp³-hybridized carbons (Fsp3) is 1.00. The Morgan fingerprint density at radius 2 is 1.94 bits per heavy atom. The molecule has 1 fully saturated rings. The summed E-state index contributed by atoms with van der Waals surface area (Å²) in [5.41, 5.74) is 0.311. The molecule has 3 unspecified atom stereocenters. The maximum absolute atomic E-state index is 3.75. The summed E-state index contributed by atoms with van der Waals surface area (Å²) in [5.74, 6) is 1.61. The molecule has 0 amide bonds. The van der Waals surface area contributed by atoms with E-state index in [4.69, 9.17) is 0 Å². The largest absolute Gasteiger partial charge is 0.311 e. The molecule has 0 aromatic heterocycles. The highest BCUT2D eigenvalue weighted by Gasteiger charge is 2.35. The Bertz CT molecular complexity index is 237. The number of nitrogens with zero attached hydrogens (tertiary/aromatic N) is 1. The van der Waals surface area contributed by atoms with E-state index in [1.54, 1.807) is 0 Å². The molecule has 3 atom stereocenters. The Kier molecular flexibility index (Phi) is 6.13. The van der Waals surface area contributed by atoms with Crippen molar-refractivity contribution < 1.29 is 0 Å². The van der Waals surface area contributed by atoms with Crippen LogP contribution in [0.5, 0.6) is 0 Å². The molecule has 1 heterocycles. The summed E-state index contributed by atoms with van der Waals surface area (Å²) in [6, 6.07) is 0.678. The van der Waals surface area contributed by atoms with Gasteiger partial charge in [-0.05, 0) is 32.1 Å². The van der Waals surface area contributed by atoms with Crippen molar-refractivity contribution in [2.45, 2.75) is 72.4 Å². The van der Waals surface area contributed by atoms with Gasteiger partial charge >= 0.3 is 0 Å². The van der Waals surface area contributed by atoms with E-state index >= 15 is 0 Å². The topological polar surface area (TPSA) is 15.3 Å². The Morgan fingerprint density at radius 1 is 1.28 bits per heavy atom. The van der Waals surface area contributed by atoms with Gasteiger partial charge in [0.05, 0.1) is 0 Å². The summed E-state index contributed by atoms with van der Waals surface area (Å²) in [5, 5.41) is 3.75. The Hall–Kier alpha value is -0.0800. The van der Waals surface area contributed by atoms with Gasteiger partial charge in [0.15, 0.2) is 0 Å². The van der Waals surface area contributed by atoms with Crippen molar-refractivity contribution in [2.24, 2.45) is 11.8 Å². The highest BCUT2D eigenvalue weighted by Crippen LogP contribution is 2.24. The molecule has 1 aliphatic heterocycles. The summed E-state index contributed by atoms with van der Waals surface area (Å²) < 4.78 is 0. The first kappa shape index (κ1) is 16.0. The maximum Gasteiger partial charge on any atom is 0.0278 e. The Morgan fingerprint density at radius 3 is 2.50 bits per heavy atom. The van der Waals surface area contributed by atoms with Crippen molar-refractivity contribution in [1.29, 1.82) is 0 Å². The van der Waals surface area contributed by atoms with Gasteiger partial charge < -0.3 is 5.32 Å². The van der Waals surface area contributed by atoms with Crippen molar-refractivity contribution in [3.8, 4) is 0 Å². The minimum absolute atomic E-state index is 0.311. The van der Waals surface area contributed by atoms with Crippen LogP contribution in [0.15, 0.2) is 0 Å². The Balaban J connectivity index is 2.59. The summed E-state index contributed by atoms with van der Waals surface area (Å²) in [7, 11) is 0. The van der Waals surface area contributed by atoms with Crippen LogP contribution in [0.25, 0.3) is 0 Å². The Labute approximate surface area is 115 Å². The van der Waals surface area contributed by atoms with Gasteiger partial charge in [0.25, 0.3) is 0 Å². The molecule has 0 aliphatic carbocycles. The molecule has 1 aliphatic rings. The van der Waals surface area contributed by atoms with E-state index in [1.165, 1.54) is 32.4 Å². The molecule has 18 heavy (non-hydrogen) atoms. The zero-order valence-corrected chi connectivity index (χ0v) is 13.4. The van der Waals surface area contributed by atoms with Crippen LogP contribution in [0.1, 0.15) is 60.8 Å². The van der Waals surface area contributed by atoms with Crippen LogP contribution in [0.4, 0.5) is 0 Å². The van der Waals surface area contributed by atoms with Gasteiger partial charge in [0.1, 0.15) is 0 Å². The second kappa shape index (κ2) is 6.91. The molecule has 1 rings (SSSR count). The van der Waals surface area contributed by atoms with Gasteiger partial charge in [-0.3, -0.25) is 4.90 Å². The van der Waals surface area contributed by atoms with Crippen LogP contribution < -0.4 is 5.32 Å². The molecule has 1 saturated heterocycles. The SMILES string of the molecule is CCCC(C)CN1CC(C(C)CC)NCC1(C)C. The third kappa shape index (κ3) is 4.24. The lowest BCUT2D eigenvalue weighted by molar-refractivity contribution is 0.0390. The van der Waals surface area contributed by atoms with Crippen LogP contribution in [0, 0.1) is 11.8 Å². The van der Waals surface area contributed by atoms with E-state index in [0.717, 1.165) is 18.4 Å². The van der Waals surface area contributed by atoms with Crippen molar-refractivity contribution in [3.05, 3.63) is 0 Å². The molecule has 0 saturated carbocycles. The molecule has 108 valence electrons. The van der Waals surface area contributed by atoms with E-state index < -0.39 is 0 Å². The molecule has 0 radical (unpaired) electrons. The third-order valence-corrected chi connectivity index (χ3v) is 4.71. The van der Waals surface area contributed by atoms with Crippen LogP contribution in [0.2, 0.25) is 0 Å². The smallest absolute Gasteiger partial charge is 0.0278 e. The average Bonchev–Trinajstić information content (AvgIpc) is 2.31. The lowest BCUT2D eigenvalue weighted by Crippen LogP contribution is -2.63. The van der Waals surface area contributed by atoms with Gasteiger partial charge in [0, 0.05) is 31.2 Å². The zero-order valence-electron chi connectivity index (χ0n) is 13.4. The first-order valence-electron chi connectivity index (χ1n) is 7.89. The van der Waals surface area contributed by atoms with E-state index in [2.05, 4.69) is 51.8 Å². The van der Waals surface area contributed by atoms with Gasteiger partial charge in [-0.2, -0.15) is 0 Å². The van der Waals surface area contributed by atoms with E-state index in [0.29, 0.717) is 11.6 Å². The second-order valence-electron chi connectivity index (χ2n) is 6.98. The highest BCUT2D eigenvalue weighted by atomic mass is 15.3. The van der Waals surface area contributed by atoms with E-state index in [-0.39, 0.29) is 0 Å². The molecule has 2 heteroatoms. The summed E-state index contributed by atoms with van der Waals surface area (Å²) in [6.45, 7) is 17.7. The molecular formula is C16H34N2. The average molecular weight is 254 g/mol. The maximum atomic E-state index is 3.75. The normalized spacial score (nSPS) is 28.0. The number of hydrogen-bond donors (Lipinski definition) is 1. The van der Waals surface area contributed by atoms with Gasteiger partial charge in [0.2, 0.25) is 0 Å². The van der Waals surface area contributed by atoms with Crippen molar-refractivity contribution in [1.82, 2.24) is 10.2 Å². The van der Waals surface area contributed by atoms with Crippen molar-refractivity contribution in [3.63, 3.8) is 0 Å². The first-order chi connectivity index (χ1) is 8.40. The van der Waals surface area contributed by atoms with Crippen molar-refractivity contribution >= 4 is 0 Å². The number of nitrogens with one attached hydrogen (secondary N) is 1. The molecule has 0 bridgehead atoms. The third-order valence-electron chi connectivity index (χ3n) is 4.71. The number of piperazine rings is 1. The van der Waals surface area contributed by atoms with Crippen LogP contribution in [-0.4, -0.2) is 36.1 Å². The fourth-order valence-electron chi connectivity index (χ4n) is 2.99. The summed E-state index contributed by atoms with van der Waals surface area (Å²) in [6.07, 6.45) is 3.94. The number of hydrogen-bond acceptors (Lipinski definition) is 2. The predicted octanol–water partition coefficient (Wildman–Crippen LogP) is 3.52. The van der Waals surface area contributed by atoms with Gasteiger partial charge in [-0.15, -0.1) is 0 Å². The van der Waals surface area contributed by atoms with Gasteiger partial charge in [-0.1, -0.05) is 40.5 Å². The van der Waals surface area contributed by atoms with E-state index in [9.17, 15) is 0 Å². The minimum Gasteiger partial charge on any atom is -0.311 e. The first-order valence-corrected chi connectivity index (χ1v) is 7.89. The lowest BCUT2D eigenvalue weighted by atomic mass is 9.89. The van der Waals surface area contributed by atoms with Crippen LogP contribution in [-0.2, 0) is 0 Å².